The molecule has 1 aliphatic heterocycles. The van der Waals surface area contributed by atoms with Crippen LogP contribution in [0.4, 0.5) is 5.82 Å². The molecule has 1 aromatic rings. The van der Waals surface area contributed by atoms with Gasteiger partial charge in [0.2, 0.25) is 5.91 Å². The van der Waals surface area contributed by atoms with Gasteiger partial charge >= 0.3 is 0 Å². The summed E-state index contributed by atoms with van der Waals surface area (Å²) >= 11 is 0. The third kappa shape index (κ3) is 1.82. The number of hydrogen-bond acceptors (Lipinski definition) is 2. The van der Waals surface area contributed by atoms with E-state index < -0.39 is 0 Å². The molecule has 86 valence electrons. The molecule has 0 spiro atoms. The monoisotopic (exact) mass is 218 g/mol. The molecule has 0 radical (unpaired) electrons. The van der Waals surface area contributed by atoms with Crippen molar-refractivity contribution in [1.82, 2.24) is 4.98 Å². The highest BCUT2D eigenvalue weighted by Gasteiger charge is 2.35. The Morgan fingerprint density at radius 2 is 2.25 bits per heavy atom. The van der Waals surface area contributed by atoms with Gasteiger partial charge in [-0.1, -0.05) is 32.3 Å². The normalized spacial score (nSPS) is 19.0. The fourth-order valence-electron chi connectivity index (χ4n) is 2.31. The summed E-state index contributed by atoms with van der Waals surface area (Å²) in [6.07, 6.45) is 6.21. The fourth-order valence-corrected chi connectivity index (χ4v) is 2.31. The third-order valence-corrected chi connectivity index (χ3v) is 3.24. The summed E-state index contributed by atoms with van der Waals surface area (Å²) in [5.74, 6) is 1.08. The number of unbranched alkanes of at least 4 members (excludes halogenated alkanes) is 2. The van der Waals surface area contributed by atoms with E-state index in [2.05, 4.69) is 11.9 Å². The molecule has 1 amide bonds. The zero-order chi connectivity index (χ0) is 11.5. The van der Waals surface area contributed by atoms with E-state index in [1.807, 2.05) is 19.2 Å². The van der Waals surface area contributed by atoms with Crippen LogP contribution in [0, 0.1) is 0 Å². The first kappa shape index (κ1) is 11.1. The van der Waals surface area contributed by atoms with Gasteiger partial charge in [0.15, 0.2) is 0 Å². The molecule has 0 aliphatic carbocycles. The lowest BCUT2D eigenvalue weighted by Crippen LogP contribution is -2.24. The Morgan fingerprint density at radius 1 is 1.44 bits per heavy atom. The van der Waals surface area contributed by atoms with Gasteiger partial charge in [0.1, 0.15) is 5.82 Å². The predicted molar refractivity (Wildman–Crippen MR) is 64.5 cm³/mol. The van der Waals surface area contributed by atoms with Gasteiger partial charge in [-0.3, -0.25) is 9.69 Å². The lowest BCUT2D eigenvalue weighted by Gasteiger charge is -2.09. The zero-order valence-corrected chi connectivity index (χ0v) is 9.94. The van der Waals surface area contributed by atoms with Gasteiger partial charge in [-0.15, -0.1) is 0 Å². The van der Waals surface area contributed by atoms with Gasteiger partial charge in [-0.25, -0.2) is 4.98 Å². The summed E-state index contributed by atoms with van der Waals surface area (Å²) in [5.41, 5.74) is 1.10. The van der Waals surface area contributed by atoms with Gasteiger partial charge in [0.25, 0.3) is 0 Å². The first-order valence-corrected chi connectivity index (χ1v) is 5.98. The maximum atomic E-state index is 12.0. The number of nitrogens with zero attached hydrogens (tertiary/aromatic N) is 2. The van der Waals surface area contributed by atoms with E-state index in [1.54, 1.807) is 11.1 Å². The van der Waals surface area contributed by atoms with Crippen molar-refractivity contribution in [3.05, 3.63) is 23.9 Å². The van der Waals surface area contributed by atoms with Crippen LogP contribution in [0.25, 0.3) is 0 Å². The standard InChI is InChI=1S/C13H18N2O/c1-3-4-5-7-11-10-8-6-9-14-12(10)15(2)13(11)16/h6,8-9,11H,3-5,7H2,1-2H3. The topological polar surface area (TPSA) is 33.2 Å². The molecule has 1 unspecified atom stereocenters. The van der Waals surface area contributed by atoms with Gasteiger partial charge < -0.3 is 0 Å². The Labute approximate surface area is 96.5 Å². The number of rotatable bonds is 4. The van der Waals surface area contributed by atoms with Crippen molar-refractivity contribution in [2.24, 2.45) is 0 Å². The van der Waals surface area contributed by atoms with Gasteiger partial charge in [0.05, 0.1) is 5.92 Å². The summed E-state index contributed by atoms with van der Waals surface area (Å²) < 4.78 is 0. The molecule has 0 saturated carbocycles. The van der Waals surface area contributed by atoms with Crippen LogP contribution >= 0.6 is 0 Å². The minimum Gasteiger partial charge on any atom is -0.299 e. The number of aromatic nitrogens is 1. The first-order valence-electron chi connectivity index (χ1n) is 5.98. The molecule has 16 heavy (non-hydrogen) atoms. The average Bonchev–Trinajstić information content (AvgIpc) is 2.55. The van der Waals surface area contributed by atoms with E-state index in [-0.39, 0.29) is 11.8 Å². The lowest BCUT2D eigenvalue weighted by atomic mass is 9.96. The fraction of sp³-hybridized carbons (Fsp3) is 0.538. The average molecular weight is 218 g/mol. The molecule has 0 fully saturated rings. The summed E-state index contributed by atoms with van der Waals surface area (Å²) in [5, 5.41) is 0. The van der Waals surface area contributed by atoms with Gasteiger partial charge in [0, 0.05) is 18.8 Å². The summed E-state index contributed by atoms with van der Waals surface area (Å²) in [6.45, 7) is 2.18. The molecular formula is C13H18N2O. The number of anilines is 1. The second-order valence-electron chi connectivity index (χ2n) is 4.36. The van der Waals surface area contributed by atoms with Crippen molar-refractivity contribution in [3.8, 4) is 0 Å². The minimum absolute atomic E-state index is 0.0419. The minimum atomic E-state index is 0.0419. The maximum Gasteiger partial charge on any atom is 0.235 e. The van der Waals surface area contributed by atoms with Crippen LogP contribution in [0.15, 0.2) is 18.3 Å². The Morgan fingerprint density at radius 3 is 3.00 bits per heavy atom. The van der Waals surface area contributed by atoms with E-state index in [1.165, 1.54) is 12.8 Å². The SMILES string of the molecule is CCCCCC1C(=O)N(C)c2ncccc21. The molecule has 0 bridgehead atoms. The highest BCUT2D eigenvalue weighted by Crippen LogP contribution is 2.37. The van der Waals surface area contributed by atoms with Crippen LogP contribution in [0.3, 0.4) is 0 Å². The number of fused-ring (bicyclic) bond motifs is 1. The first-order chi connectivity index (χ1) is 7.75. The molecule has 2 rings (SSSR count). The van der Waals surface area contributed by atoms with Crippen LogP contribution in [0.5, 0.6) is 0 Å². The molecule has 2 heterocycles. The summed E-state index contributed by atoms with van der Waals surface area (Å²) in [7, 11) is 1.81. The number of carbonyl (C=O) groups excluding carboxylic acids is 1. The highest BCUT2D eigenvalue weighted by molar-refractivity contribution is 6.03. The second kappa shape index (κ2) is 4.64. The van der Waals surface area contributed by atoms with Crippen LogP contribution in [-0.2, 0) is 4.79 Å². The van der Waals surface area contributed by atoms with Crippen LogP contribution in [0.2, 0.25) is 0 Å². The highest BCUT2D eigenvalue weighted by atomic mass is 16.2. The van der Waals surface area contributed by atoms with E-state index in [4.69, 9.17) is 0 Å². The van der Waals surface area contributed by atoms with Crippen molar-refractivity contribution < 1.29 is 4.79 Å². The molecule has 0 N–H and O–H groups in total. The Kier molecular flexibility index (Phi) is 3.22. The summed E-state index contributed by atoms with van der Waals surface area (Å²) in [6, 6.07) is 3.94. The molecular weight excluding hydrogens is 200 g/mol. The Hall–Kier alpha value is -1.38. The number of amides is 1. The van der Waals surface area contributed by atoms with E-state index >= 15 is 0 Å². The number of carbonyl (C=O) groups is 1. The van der Waals surface area contributed by atoms with Crippen LogP contribution < -0.4 is 4.90 Å². The number of pyridine rings is 1. The van der Waals surface area contributed by atoms with E-state index in [0.29, 0.717) is 0 Å². The Balaban J connectivity index is 2.17. The zero-order valence-electron chi connectivity index (χ0n) is 9.94. The quantitative estimate of drug-likeness (QED) is 0.728. The Bertz CT molecular complexity index is 389. The molecule has 0 saturated heterocycles. The van der Waals surface area contributed by atoms with Gasteiger partial charge in [-0.05, 0) is 12.5 Å². The van der Waals surface area contributed by atoms with Crippen molar-refractivity contribution in [2.75, 3.05) is 11.9 Å². The van der Waals surface area contributed by atoms with Gasteiger partial charge in [-0.2, -0.15) is 0 Å². The molecule has 1 atom stereocenters. The maximum absolute atomic E-state index is 12.0. The third-order valence-electron chi connectivity index (χ3n) is 3.24. The molecule has 3 nitrogen and oxygen atoms in total. The van der Waals surface area contributed by atoms with Crippen molar-refractivity contribution in [2.45, 2.75) is 38.5 Å². The lowest BCUT2D eigenvalue weighted by molar-refractivity contribution is -0.119. The molecule has 3 heteroatoms. The number of hydrogen-bond donors (Lipinski definition) is 0. The molecule has 1 aliphatic rings. The molecule has 0 aromatic carbocycles. The van der Waals surface area contributed by atoms with Crippen molar-refractivity contribution >= 4 is 11.7 Å². The second-order valence-corrected chi connectivity index (χ2v) is 4.36. The van der Waals surface area contributed by atoms with Crippen molar-refractivity contribution in [1.29, 1.82) is 0 Å². The predicted octanol–water partition coefficient (Wildman–Crippen LogP) is 2.72. The van der Waals surface area contributed by atoms with Crippen LogP contribution in [0.1, 0.15) is 44.1 Å². The van der Waals surface area contributed by atoms with E-state index in [9.17, 15) is 4.79 Å². The largest absolute Gasteiger partial charge is 0.299 e. The molecule has 1 aromatic heterocycles. The van der Waals surface area contributed by atoms with Crippen molar-refractivity contribution in [3.63, 3.8) is 0 Å². The van der Waals surface area contributed by atoms with E-state index in [0.717, 1.165) is 24.2 Å². The number of likely N-dealkylation sites (N-methyl/N-ethyl adjacent to an activating group) is 1. The summed E-state index contributed by atoms with van der Waals surface area (Å²) in [4.78, 5) is 18.0. The van der Waals surface area contributed by atoms with Crippen LogP contribution in [-0.4, -0.2) is 17.9 Å². The smallest absolute Gasteiger partial charge is 0.235 e.